The van der Waals surface area contributed by atoms with Gasteiger partial charge in [0.25, 0.3) is 0 Å². The minimum absolute atomic E-state index is 0. The van der Waals surface area contributed by atoms with Crippen molar-refractivity contribution in [2.45, 2.75) is 168 Å². The second-order valence-electron chi connectivity index (χ2n) is 9.32. The van der Waals surface area contributed by atoms with Gasteiger partial charge in [-0.1, -0.05) is 142 Å². The quantitative estimate of drug-likeness (QED) is 0.0952. The summed E-state index contributed by atoms with van der Waals surface area (Å²) in [4.78, 5) is 20.3. The summed E-state index contributed by atoms with van der Waals surface area (Å²) in [5, 5.41) is 20.3. The number of unbranched alkanes of at least 4 members (excludes halogenated alkanes) is 20. The minimum Gasteiger partial charge on any atom is -0.550 e. The topological polar surface area (TPSA) is 80.3 Å². The third-order valence-electron chi connectivity index (χ3n) is 5.97. The molecule has 0 fully saturated rings. The van der Waals surface area contributed by atoms with Crippen molar-refractivity contribution in [1.82, 2.24) is 0 Å². The molecule has 0 aromatic heterocycles. The second kappa shape index (κ2) is 33.8. The zero-order valence-electron chi connectivity index (χ0n) is 21.9. The number of hydrogen-bond donors (Lipinski definition) is 0. The number of carboxylic acid groups (broad SMARTS) is 2. The van der Waals surface area contributed by atoms with Gasteiger partial charge in [-0.3, -0.25) is 0 Å². The fourth-order valence-electron chi connectivity index (χ4n) is 3.87. The van der Waals surface area contributed by atoms with Gasteiger partial charge in [0.2, 0.25) is 0 Å². The van der Waals surface area contributed by atoms with Crippen LogP contribution in [0.5, 0.6) is 0 Å². The standard InChI is InChI=1S/2C14H28O2.Pd/c2*1-2-3-4-5-6-7-8-9-10-11-12-13-14(15)16;/h2*2-13H2,1H3,(H,15,16);/q;;+2/p-2. The summed E-state index contributed by atoms with van der Waals surface area (Å²) in [5.41, 5.74) is 0. The fraction of sp³-hybridized carbons (Fsp3) is 0.929. The molecule has 0 aromatic carbocycles. The average molecular weight is 561 g/mol. The molecule has 0 aliphatic carbocycles. The van der Waals surface area contributed by atoms with Crippen LogP contribution in [0.15, 0.2) is 0 Å². The molecule has 0 N–H and O–H groups in total. The maximum Gasteiger partial charge on any atom is 2.00 e. The Bertz CT molecular complexity index is 352. The molecule has 0 unspecified atom stereocenters. The monoisotopic (exact) mass is 560 g/mol. The van der Waals surface area contributed by atoms with Crippen LogP contribution < -0.4 is 10.2 Å². The molecule has 0 heterocycles. The van der Waals surface area contributed by atoms with E-state index in [1.807, 2.05) is 0 Å². The smallest absolute Gasteiger partial charge is 0.550 e. The van der Waals surface area contributed by atoms with E-state index in [1.54, 1.807) is 0 Å². The van der Waals surface area contributed by atoms with Gasteiger partial charge in [0, 0.05) is 11.9 Å². The van der Waals surface area contributed by atoms with Crippen molar-refractivity contribution >= 4 is 11.9 Å². The van der Waals surface area contributed by atoms with E-state index in [2.05, 4.69) is 13.8 Å². The van der Waals surface area contributed by atoms with E-state index >= 15 is 0 Å². The molecular formula is C28H54O4Pd. The largest absolute Gasteiger partial charge is 2.00 e. The average Bonchev–Trinajstić information content (AvgIpc) is 2.76. The first kappa shape index (κ1) is 37.2. The molecule has 0 spiro atoms. The molecule has 0 bridgehead atoms. The molecule has 0 amide bonds. The van der Waals surface area contributed by atoms with Crippen LogP contribution in [-0.4, -0.2) is 11.9 Å². The van der Waals surface area contributed by atoms with Crippen molar-refractivity contribution in [2.24, 2.45) is 0 Å². The Morgan fingerprint density at radius 2 is 0.576 bits per heavy atom. The van der Waals surface area contributed by atoms with E-state index in [1.165, 1.54) is 116 Å². The van der Waals surface area contributed by atoms with Gasteiger partial charge in [-0.15, -0.1) is 0 Å². The van der Waals surface area contributed by atoms with Crippen LogP contribution >= 0.6 is 0 Å². The third-order valence-corrected chi connectivity index (χ3v) is 5.97. The summed E-state index contributed by atoms with van der Waals surface area (Å²) in [5.74, 6) is -1.81. The van der Waals surface area contributed by atoms with Crippen LogP contribution in [0.25, 0.3) is 0 Å². The van der Waals surface area contributed by atoms with Gasteiger partial charge in [-0.05, 0) is 25.7 Å². The van der Waals surface area contributed by atoms with Gasteiger partial charge >= 0.3 is 20.4 Å². The molecule has 0 atom stereocenters. The number of rotatable bonds is 24. The summed E-state index contributed by atoms with van der Waals surface area (Å²) in [6, 6.07) is 0. The number of carbonyl (C=O) groups excluding carboxylic acids is 2. The molecule has 0 aliphatic heterocycles. The molecule has 0 radical (unpaired) electrons. The zero-order valence-corrected chi connectivity index (χ0v) is 23.5. The Balaban J connectivity index is -0.000000529. The molecule has 33 heavy (non-hydrogen) atoms. The van der Waals surface area contributed by atoms with Crippen LogP contribution in [0.4, 0.5) is 0 Å². The van der Waals surface area contributed by atoms with E-state index in [-0.39, 0.29) is 33.3 Å². The van der Waals surface area contributed by atoms with E-state index < -0.39 is 11.9 Å². The summed E-state index contributed by atoms with van der Waals surface area (Å²) in [6.07, 6.45) is 28.1. The predicted octanol–water partition coefficient (Wildman–Crippen LogP) is 6.87. The maximum atomic E-state index is 10.1. The molecule has 0 rings (SSSR count). The summed E-state index contributed by atoms with van der Waals surface area (Å²) >= 11 is 0. The van der Waals surface area contributed by atoms with Gasteiger partial charge in [0.15, 0.2) is 0 Å². The number of carbonyl (C=O) groups is 2. The SMILES string of the molecule is CCCCCCCCCCCCCC(=O)[O-].CCCCCCCCCCCCCC(=O)[O-].[Pd+2]. The molecule has 0 aromatic rings. The first-order valence-electron chi connectivity index (χ1n) is 13.9. The second-order valence-corrected chi connectivity index (χ2v) is 9.32. The summed E-state index contributed by atoms with van der Waals surface area (Å²) < 4.78 is 0. The van der Waals surface area contributed by atoms with E-state index in [9.17, 15) is 19.8 Å². The maximum absolute atomic E-state index is 10.1. The molecule has 200 valence electrons. The molecule has 0 aliphatic rings. The van der Waals surface area contributed by atoms with Crippen LogP contribution in [0.3, 0.4) is 0 Å². The van der Waals surface area contributed by atoms with Crippen molar-refractivity contribution in [3.8, 4) is 0 Å². The predicted molar refractivity (Wildman–Crippen MR) is 132 cm³/mol. The minimum atomic E-state index is -0.907. The fourth-order valence-corrected chi connectivity index (χ4v) is 3.87. The molecule has 0 saturated heterocycles. The Kier molecular flexibility index (Phi) is 38.0. The molecule has 5 heteroatoms. The first-order chi connectivity index (χ1) is 15.5. The van der Waals surface area contributed by atoms with Gasteiger partial charge in [-0.25, -0.2) is 0 Å². The van der Waals surface area contributed by atoms with Gasteiger partial charge in [0.05, 0.1) is 0 Å². The van der Waals surface area contributed by atoms with Gasteiger partial charge < -0.3 is 19.8 Å². The third kappa shape index (κ3) is 42.2. The van der Waals surface area contributed by atoms with Crippen molar-refractivity contribution in [2.75, 3.05) is 0 Å². The first-order valence-corrected chi connectivity index (χ1v) is 13.9. The van der Waals surface area contributed by atoms with Crippen LogP contribution in [0.2, 0.25) is 0 Å². The van der Waals surface area contributed by atoms with E-state index in [0.29, 0.717) is 0 Å². The van der Waals surface area contributed by atoms with Crippen molar-refractivity contribution in [3.05, 3.63) is 0 Å². The van der Waals surface area contributed by atoms with Gasteiger partial charge in [0.1, 0.15) is 0 Å². The zero-order chi connectivity index (χ0) is 24.1. The Morgan fingerprint density at radius 1 is 0.394 bits per heavy atom. The van der Waals surface area contributed by atoms with Crippen LogP contribution in [-0.2, 0) is 30.0 Å². The number of aliphatic carboxylic acids is 2. The summed E-state index contributed by atoms with van der Waals surface area (Å²) in [6.45, 7) is 4.49. The van der Waals surface area contributed by atoms with Gasteiger partial charge in [-0.2, -0.15) is 0 Å². The van der Waals surface area contributed by atoms with Crippen LogP contribution in [0.1, 0.15) is 168 Å². The van der Waals surface area contributed by atoms with E-state index in [0.717, 1.165) is 25.7 Å². The van der Waals surface area contributed by atoms with Crippen molar-refractivity contribution in [3.63, 3.8) is 0 Å². The summed E-state index contributed by atoms with van der Waals surface area (Å²) in [7, 11) is 0. The molecule has 0 saturated carbocycles. The molecular weight excluding hydrogens is 507 g/mol. The normalized spacial score (nSPS) is 10.2. The van der Waals surface area contributed by atoms with Crippen molar-refractivity contribution in [1.29, 1.82) is 0 Å². The van der Waals surface area contributed by atoms with Crippen molar-refractivity contribution < 1.29 is 40.2 Å². The molecule has 4 nitrogen and oxygen atoms in total. The Labute approximate surface area is 219 Å². The number of hydrogen-bond acceptors (Lipinski definition) is 4. The number of carboxylic acids is 2. The van der Waals surface area contributed by atoms with Crippen LogP contribution in [0, 0.1) is 0 Å². The van der Waals surface area contributed by atoms with E-state index in [4.69, 9.17) is 0 Å². The Hall–Kier alpha value is -0.398. The Morgan fingerprint density at radius 3 is 0.758 bits per heavy atom.